The molecule has 0 aliphatic heterocycles. The molecule has 3 nitrogen and oxygen atoms in total. The first kappa shape index (κ1) is 12.1. The molecule has 0 radical (unpaired) electrons. The molecular weight excluding hydrogens is 243 g/mol. The van der Waals surface area contributed by atoms with Crippen LogP contribution in [-0.2, 0) is 6.42 Å². The van der Waals surface area contributed by atoms with Crippen molar-refractivity contribution in [1.29, 1.82) is 0 Å². The van der Waals surface area contributed by atoms with Gasteiger partial charge in [0.25, 0.3) is 0 Å². The van der Waals surface area contributed by atoms with Crippen molar-refractivity contribution < 1.29 is 9.18 Å². The van der Waals surface area contributed by atoms with Gasteiger partial charge in [0.1, 0.15) is 11.5 Å². The summed E-state index contributed by atoms with van der Waals surface area (Å²) >= 11 is 0. The standard InChI is InChI=1S/C15H15FN2O/c1-15(2)8-7-11-12(14(15)19)13(18-17-11)9-5-3-4-6-10(9)16/h3-6H,7-8H2,1-2H3,(H,17,18). The number of H-pyrrole nitrogens is 1. The molecule has 1 heterocycles. The number of aromatic nitrogens is 2. The topological polar surface area (TPSA) is 45.8 Å². The Morgan fingerprint density at radius 2 is 2.05 bits per heavy atom. The van der Waals surface area contributed by atoms with Gasteiger partial charge in [-0.2, -0.15) is 5.10 Å². The number of aromatic amines is 1. The molecule has 1 N–H and O–H groups in total. The van der Waals surface area contributed by atoms with Gasteiger partial charge >= 0.3 is 0 Å². The lowest BCUT2D eigenvalue weighted by atomic mass is 9.74. The molecule has 1 aromatic carbocycles. The van der Waals surface area contributed by atoms with Gasteiger partial charge in [0.05, 0.1) is 5.56 Å². The van der Waals surface area contributed by atoms with Crippen molar-refractivity contribution in [3.05, 3.63) is 41.3 Å². The first-order chi connectivity index (χ1) is 9.00. The van der Waals surface area contributed by atoms with Gasteiger partial charge in [-0.05, 0) is 25.0 Å². The highest BCUT2D eigenvalue weighted by atomic mass is 19.1. The minimum atomic E-state index is -0.406. The number of Topliss-reactive ketones (excluding diaryl/α,β-unsaturated/α-hetero) is 1. The monoisotopic (exact) mass is 258 g/mol. The predicted molar refractivity (Wildman–Crippen MR) is 70.4 cm³/mol. The van der Waals surface area contributed by atoms with Crippen LogP contribution in [0.5, 0.6) is 0 Å². The number of rotatable bonds is 1. The van der Waals surface area contributed by atoms with E-state index in [2.05, 4.69) is 10.2 Å². The zero-order valence-corrected chi connectivity index (χ0v) is 11.0. The maximum absolute atomic E-state index is 13.9. The summed E-state index contributed by atoms with van der Waals surface area (Å²) in [7, 11) is 0. The molecule has 0 unspecified atom stereocenters. The quantitative estimate of drug-likeness (QED) is 0.852. The van der Waals surface area contributed by atoms with Crippen molar-refractivity contribution in [1.82, 2.24) is 10.2 Å². The molecule has 2 aromatic rings. The van der Waals surface area contributed by atoms with Gasteiger partial charge < -0.3 is 0 Å². The predicted octanol–water partition coefficient (Wildman–Crippen LogP) is 3.37. The Labute approximate surface area is 110 Å². The summed E-state index contributed by atoms with van der Waals surface area (Å²) in [5, 5.41) is 7.04. The number of nitrogens with zero attached hydrogens (tertiary/aromatic N) is 1. The smallest absolute Gasteiger partial charge is 0.172 e. The molecule has 98 valence electrons. The summed E-state index contributed by atoms with van der Waals surface area (Å²) in [5.41, 5.74) is 1.79. The number of ketones is 1. The number of hydrogen-bond donors (Lipinski definition) is 1. The second-order valence-electron chi connectivity index (χ2n) is 5.62. The molecule has 1 aliphatic rings. The highest BCUT2D eigenvalue weighted by Gasteiger charge is 2.38. The van der Waals surface area contributed by atoms with Crippen LogP contribution in [0.2, 0.25) is 0 Å². The van der Waals surface area contributed by atoms with Gasteiger partial charge in [0.15, 0.2) is 5.78 Å². The molecule has 3 rings (SSSR count). The van der Waals surface area contributed by atoms with Crippen molar-refractivity contribution in [2.75, 3.05) is 0 Å². The van der Waals surface area contributed by atoms with E-state index in [1.807, 2.05) is 13.8 Å². The molecule has 1 aromatic heterocycles. The van der Waals surface area contributed by atoms with Crippen molar-refractivity contribution in [3.8, 4) is 11.3 Å². The highest BCUT2D eigenvalue weighted by Crippen LogP contribution is 2.38. The largest absolute Gasteiger partial charge is 0.293 e. The van der Waals surface area contributed by atoms with E-state index in [1.165, 1.54) is 6.07 Å². The number of carbonyl (C=O) groups excluding carboxylic acids is 1. The van der Waals surface area contributed by atoms with E-state index >= 15 is 0 Å². The number of halogens is 1. The lowest BCUT2D eigenvalue weighted by molar-refractivity contribution is 0.0811. The van der Waals surface area contributed by atoms with Crippen LogP contribution in [0.1, 0.15) is 36.3 Å². The third kappa shape index (κ3) is 1.79. The summed E-state index contributed by atoms with van der Waals surface area (Å²) in [5.74, 6) is -0.311. The minimum absolute atomic E-state index is 0.0424. The lowest BCUT2D eigenvalue weighted by Gasteiger charge is -2.27. The average molecular weight is 258 g/mol. The third-order valence-corrected chi connectivity index (χ3v) is 3.81. The first-order valence-corrected chi connectivity index (χ1v) is 6.37. The van der Waals surface area contributed by atoms with Gasteiger partial charge in [-0.1, -0.05) is 26.0 Å². The number of aryl methyl sites for hydroxylation is 1. The highest BCUT2D eigenvalue weighted by molar-refractivity contribution is 6.06. The number of carbonyl (C=O) groups is 1. The zero-order valence-electron chi connectivity index (χ0n) is 11.0. The third-order valence-electron chi connectivity index (χ3n) is 3.81. The Morgan fingerprint density at radius 3 is 2.79 bits per heavy atom. The van der Waals surface area contributed by atoms with E-state index in [1.54, 1.807) is 18.2 Å². The van der Waals surface area contributed by atoms with Gasteiger partial charge in [0.2, 0.25) is 0 Å². The molecule has 0 saturated carbocycles. The van der Waals surface area contributed by atoms with Crippen LogP contribution < -0.4 is 0 Å². The van der Waals surface area contributed by atoms with E-state index in [0.717, 1.165) is 18.5 Å². The van der Waals surface area contributed by atoms with E-state index in [9.17, 15) is 9.18 Å². The van der Waals surface area contributed by atoms with Gasteiger partial charge in [-0.3, -0.25) is 9.89 Å². The fourth-order valence-corrected chi connectivity index (χ4v) is 2.54. The van der Waals surface area contributed by atoms with Crippen molar-refractivity contribution in [2.24, 2.45) is 5.41 Å². The summed E-state index contributed by atoms with van der Waals surface area (Å²) in [4.78, 5) is 12.5. The van der Waals surface area contributed by atoms with Crippen LogP contribution in [0, 0.1) is 11.2 Å². The molecule has 0 fully saturated rings. The molecular formula is C15H15FN2O. The Morgan fingerprint density at radius 1 is 1.32 bits per heavy atom. The summed E-state index contributed by atoms with van der Waals surface area (Å²) in [6, 6.07) is 6.41. The average Bonchev–Trinajstić information content (AvgIpc) is 2.79. The van der Waals surface area contributed by atoms with E-state index in [0.29, 0.717) is 16.8 Å². The first-order valence-electron chi connectivity index (χ1n) is 6.37. The molecule has 4 heteroatoms. The van der Waals surface area contributed by atoms with E-state index in [4.69, 9.17) is 0 Å². The minimum Gasteiger partial charge on any atom is -0.293 e. The number of fused-ring (bicyclic) bond motifs is 1. The van der Waals surface area contributed by atoms with Crippen LogP contribution in [0.15, 0.2) is 24.3 Å². The van der Waals surface area contributed by atoms with Crippen LogP contribution in [0.4, 0.5) is 4.39 Å². The van der Waals surface area contributed by atoms with Crippen LogP contribution in [-0.4, -0.2) is 16.0 Å². The van der Waals surface area contributed by atoms with Crippen LogP contribution in [0.25, 0.3) is 11.3 Å². The van der Waals surface area contributed by atoms with E-state index in [-0.39, 0.29) is 11.6 Å². The van der Waals surface area contributed by atoms with Gasteiger partial charge in [-0.25, -0.2) is 4.39 Å². The maximum Gasteiger partial charge on any atom is 0.172 e. The number of nitrogens with one attached hydrogen (secondary N) is 1. The fraction of sp³-hybridized carbons (Fsp3) is 0.333. The maximum atomic E-state index is 13.9. The molecule has 19 heavy (non-hydrogen) atoms. The molecule has 1 aliphatic carbocycles. The fourth-order valence-electron chi connectivity index (χ4n) is 2.54. The van der Waals surface area contributed by atoms with Crippen LogP contribution >= 0.6 is 0 Å². The summed E-state index contributed by atoms with van der Waals surface area (Å²) in [6.45, 7) is 3.85. The molecule has 0 saturated heterocycles. The molecule has 0 spiro atoms. The molecule has 0 amide bonds. The van der Waals surface area contributed by atoms with E-state index < -0.39 is 5.41 Å². The number of hydrogen-bond acceptors (Lipinski definition) is 2. The SMILES string of the molecule is CC1(C)CCc2[nH]nc(-c3ccccc3F)c2C1=O. The summed E-state index contributed by atoms with van der Waals surface area (Å²) in [6.07, 6.45) is 1.56. The van der Waals surface area contributed by atoms with Crippen LogP contribution in [0.3, 0.4) is 0 Å². The normalized spacial score (nSPS) is 17.3. The number of benzene rings is 1. The van der Waals surface area contributed by atoms with Gasteiger partial charge in [-0.15, -0.1) is 0 Å². The Balaban J connectivity index is 2.20. The molecule has 0 bridgehead atoms. The van der Waals surface area contributed by atoms with Crippen molar-refractivity contribution in [3.63, 3.8) is 0 Å². The Hall–Kier alpha value is -1.97. The lowest BCUT2D eigenvalue weighted by Crippen LogP contribution is -2.30. The molecule has 0 atom stereocenters. The van der Waals surface area contributed by atoms with Crippen molar-refractivity contribution in [2.45, 2.75) is 26.7 Å². The Bertz CT molecular complexity index is 658. The second kappa shape index (κ2) is 4.02. The Kier molecular flexibility index (Phi) is 2.55. The summed E-state index contributed by atoms with van der Waals surface area (Å²) < 4.78 is 13.9. The zero-order chi connectivity index (χ0) is 13.6. The van der Waals surface area contributed by atoms with Gasteiger partial charge in [0, 0.05) is 16.7 Å². The van der Waals surface area contributed by atoms with Crippen molar-refractivity contribution >= 4 is 5.78 Å². The second-order valence-corrected chi connectivity index (χ2v) is 5.62.